The van der Waals surface area contributed by atoms with Crippen LogP contribution in [0.15, 0.2) is 42.6 Å². The van der Waals surface area contributed by atoms with Crippen molar-refractivity contribution in [3.8, 4) is 34.4 Å². The summed E-state index contributed by atoms with van der Waals surface area (Å²) in [5.74, 6) is 2.40. The van der Waals surface area contributed by atoms with Gasteiger partial charge >= 0.3 is 0 Å². The topological polar surface area (TPSA) is 124 Å². The highest BCUT2D eigenvalue weighted by atomic mass is 16.5. The Labute approximate surface area is 249 Å². The van der Waals surface area contributed by atoms with Crippen molar-refractivity contribution in [2.75, 3.05) is 13.7 Å². The molecule has 3 fully saturated rings. The number of rotatable bonds is 6. The van der Waals surface area contributed by atoms with E-state index in [2.05, 4.69) is 26.3 Å². The monoisotopic (exact) mass is 577 g/mol. The number of nitrogens with two attached hydrogens (primary N) is 1. The van der Waals surface area contributed by atoms with Gasteiger partial charge in [-0.25, -0.2) is 15.0 Å². The van der Waals surface area contributed by atoms with Crippen molar-refractivity contribution in [2.24, 2.45) is 24.6 Å². The van der Waals surface area contributed by atoms with Crippen LogP contribution < -0.4 is 10.5 Å². The summed E-state index contributed by atoms with van der Waals surface area (Å²) in [5.41, 5.74) is 13.0. The lowest BCUT2D eigenvalue weighted by atomic mass is 10.1. The number of carbonyl (C=O) groups excluding carboxylic acids is 1. The summed E-state index contributed by atoms with van der Waals surface area (Å²) in [7, 11) is 3.63. The molecule has 3 atom stereocenters. The lowest BCUT2D eigenvalue weighted by molar-refractivity contribution is 0.0700. The number of aryl methyl sites for hydroxylation is 2. The van der Waals surface area contributed by atoms with Crippen LogP contribution in [-0.2, 0) is 13.6 Å². The van der Waals surface area contributed by atoms with Gasteiger partial charge in [-0.1, -0.05) is 0 Å². The van der Waals surface area contributed by atoms with E-state index in [9.17, 15) is 9.90 Å². The number of amides is 1. The van der Waals surface area contributed by atoms with E-state index < -0.39 is 0 Å². The first-order valence-electron chi connectivity index (χ1n) is 15.1. The molecule has 10 nitrogen and oxygen atoms in total. The molecule has 1 aromatic carbocycles. The van der Waals surface area contributed by atoms with Gasteiger partial charge in [0.25, 0.3) is 5.91 Å². The Hall–Kier alpha value is -4.44. The van der Waals surface area contributed by atoms with Crippen LogP contribution in [0.2, 0.25) is 0 Å². The molecule has 43 heavy (non-hydrogen) atoms. The number of pyridine rings is 2. The van der Waals surface area contributed by atoms with Gasteiger partial charge in [-0.15, -0.1) is 0 Å². The zero-order valence-electron chi connectivity index (χ0n) is 24.6. The molecule has 5 heterocycles. The quantitative estimate of drug-likeness (QED) is 0.301. The minimum Gasteiger partial charge on any atom is -0.494 e. The minimum absolute atomic E-state index is 0.0000871. The van der Waals surface area contributed by atoms with Crippen LogP contribution in [-0.4, -0.2) is 65.7 Å². The van der Waals surface area contributed by atoms with Gasteiger partial charge in [0.2, 0.25) is 5.88 Å². The van der Waals surface area contributed by atoms with E-state index >= 15 is 0 Å². The third kappa shape index (κ3) is 4.11. The first-order chi connectivity index (χ1) is 20.8. The summed E-state index contributed by atoms with van der Waals surface area (Å²) in [6, 6.07) is 11.8. The highest BCUT2D eigenvalue weighted by molar-refractivity contribution is 6.00. The molecule has 3 unspecified atom stereocenters. The molecule has 5 aromatic rings. The molecule has 3 aliphatic rings. The number of hydrogen-bond donors (Lipinski definition) is 2. The smallest absolute Gasteiger partial charge is 0.254 e. The Kier molecular flexibility index (Phi) is 5.81. The summed E-state index contributed by atoms with van der Waals surface area (Å²) in [4.78, 5) is 30.0. The van der Waals surface area contributed by atoms with Gasteiger partial charge in [-0.3, -0.25) is 4.79 Å². The molecule has 0 radical (unpaired) electrons. The second-order valence-corrected chi connectivity index (χ2v) is 12.5. The number of aromatic hydroxyl groups is 1. The number of piperidine rings is 1. The van der Waals surface area contributed by atoms with E-state index in [-0.39, 0.29) is 23.9 Å². The van der Waals surface area contributed by atoms with Crippen LogP contribution in [0.5, 0.6) is 11.6 Å². The van der Waals surface area contributed by atoms with Crippen molar-refractivity contribution in [3.05, 3.63) is 53.7 Å². The van der Waals surface area contributed by atoms with Crippen molar-refractivity contribution in [2.45, 2.75) is 51.2 Å². The zero-order valence-corrected chi connectivity index (χ0v) is 24.6. The van der Waals surface area contributed by atoms with Crippen LogP contribution >= 0.6 is 0 Å². The summed E-state index contributed by atoms with van der Waals surface area (Å²) >= 11 is 0. The zero-order chi connectivity index (χ0) is 29.6. The number of benzene rings is 1. The number of aromatic nitrogens is 5. The van der Waals surface area contributed by atoms with E-state index in [4.69, 9.17) is 20.4 Å². The Morgan fingerprint density at radius 3 is 2.65 bits per heavy atom. The SMILES string of the molecule is COc1cc(C(=O)N2CC3CCC2C3N)cc2nc(-c3cc4ccc(-c5cnc(O)cc5C)nc4n3CC3CC3)n(C)c12. The Morgan fingerprint density at radius 1 is 1.12 bits per heavy atom. The number of carbonyl (C=O) groups is 1. The van der Waals surface area contributed by atoms with Crippen LogP contribution in [0.4, 0.5) is 0 Å². The molecule has 10 heteroatoms. The fourth-order valence-corrected chi connectivity index (χ4v) is 7.28. The summed E-state index contributed by atoms with van der Waals surface area (Å²) in [6.07, 6.45) is 6.13. The van der Waals surface area contributed by atoms with E-state index in [1.165, 1.54) is 12.8 Å². The molecule has 4 aromatic heterocycles. The van der Waals surface area contributed by atoms with E-state index in [0.29, 0.717) is 29.7 Å². The molecule has 1 aliphatic heterocycles. The first-order valence-corrected chi connectivity index (χ1v) is 15.1. The first kappa shape index (κ1) is 26.2. The van der Waals surface area contributed by atoms with Crippen molar-refractivity contribution < 1.29 is 14.6 Å². The van der Waals surface area contributed by atoms with Crippen LogP contribution in [0, 0.1) is 18.8 Å². The third-order valence-electron chi connectivity index (χ3n) is 9.80. The van der Waals surface area contributed by atoms with E-state index in [1.54, 1.807) is 19.4 Å². The van der Waals surface area contributed by atoms with Crippen molar-refractivity contribution in [3.63, 3.8) is 0 Å². The maximum Gasteiger partial charge on any atom is 0.254 e. The maximum atomic E-state index is 13.7. The number of nitrogens with zero attached hydrogens (tertiary/aromatic N) is 6. The van der Waals surface area contributed by atoms with Crippen LogP contribution in [0.3, 0.4) is 0 Å². The van der Waals surface area contributed by atoms with Gasteiger partial charge in [0.15, 0.2) is 5.82 Å². The van der Waals surface area contributed by atoms with Gasteiger partial charge in [0, 0.05) is 61.0 Å². The summed E-state index contributed by atoms with van der Waals surface area (Å²) in [6.45, 7) is 3.52. The van der Waals surface area contributed by atoms with E-state index in [1.807, 2.05) is 37.1 Å². The average molecular weight is 578 g/mol. The van der Waals surface area contributed by atoms with Crippen LogP contribution in [0.1, 0.15) is 41.6 Å². The molecular weight excluding hydrogens is 542 g/mol. The minimum atomic E-state index is -0.00589. The second kappa shape index (κ2) is 9.54. The molecular formula is C33H35N7O3. The molecule has 2 saturated carbocycles. The highest BCUT2D eigenvalue weighted by Crippen LogP contribution is 2.40. The molecule has 8 rings (SSSR count). The normalized spacial score (nSPS) is 21.4. The number of hydrogen-bond acceptors (Lipinski definition) is 7. The van der Waals surface area contributed by atoms with Gasteiger partial charge in [-0.2, -0.15) is 0 Å². The number of likely N-dealkylation sites (tertiary alicyclic amines) is 1. The Morgan fingerprint density at radius 2 is 1.95 bits per heavy atom. The van der Waals surface area contributed by atoms with Crippen molar-refractivity contribution in [1.82, 2.24) is 29.0 Å². The molecule has 3 N–H and O–H groups in total. The number of imidazole rings is 1. The highest BCUT2D eigenvalue weighted by Gasteiger charge is 2.47. The van der Waals surface area contributed by atoms with Crippen molar-refractivity contribution in [1.29, 1.82) is 0 Å². The Balaban J connectivity index is 1.25. The Bertz CT molecular complexity index is 1940. The predicted octanol–water partition coefficient (Wildman–Crippen LogP) is 4.65. The largest absolute Gasteiger partial charge is 0.494 e. The lowest BCUT2D eigenvalue weighted by Gasteiger charge is -2.27. The summed E-state index contributed by atoms with van der Waals surface area (Å²) in [5, 5.41) is 10.8. The molecule has 1 amide bonds. The summed E-state index contributed by atoms with van der Waals surface area (Å²) < 4.78 is 10.2. The molecule has 0 spiro atoms. The number of methoxy groups -OCH3 is 1. The molecule has 1 saturated heterocycles. The number of ether oxygens (including phenoxy) is 1. The fourth-order valence-electron chi connectivity index (χ4n) is 7.28. The van der Waals surface area contributed by atoms with Crippen LogP contribution in [0.25, 0.3) is 44.8 Å². The predicted molar refractivity (Wildman–Crippen MR) is 164 cm³/mol. The molecule has 220 valence electrons. The maximum absolute atomic E-state index is 13.7. The van der Waals surface area contributed by atoms with Gasteiger partial charge in [-0.05, 0) is 80.3 Å². The lowest BCUT2D eigenvalue weighted by Crippen LogP contribution is -2.41. The van der Waals surface area contributed by atoms with Gasteiger partial charge in [0.05, 0.1) is 24.0 Å². The average Bonchev–Trinajstić information content (AvgIpc) is 3.41. The number of fused-ring (bicyclic) bond motifs is 4. The van der Waals surface area contributed by atoms with E-state index in [0.717, 1.165) is 69.8 Å². The van der Waals surface area contributed by atoms with Gasteiger partial charge < -0.3 is 29.6 Å². The van der Waals surface area contributed by atoms with Gasteiger partial charge in [0.1, 0.15) is 16.9 Å². The van der Waals surface area contributed by atoms with Crippen molar-refractivity contribution >= 4 is 28.0 Å². The standard InChI is InChI=1S/C33H35N7O3/c1-17-10-28(41)35-14-22(17)23-8-6-19-12-26(39(31(19)36-23)15-18-4-5-18)32-37-24-11-21(13-27(43-3)30(24)38(32)2)33(42)40-16-20-7-9-25(40)29(20)34/h6,8,10-14,18,20,25,29H,4-5,7,9,15-16,34H2,1-3H3,(H,35,41). The fraction of sp³-hybridized carbons (Fsp3) is 0.394. The molecule has 2 bridgehead atoms. The second-order valence-electron chi connectivity index (χ2n) is 12.5. The molecule has 2 aliphatic carbocycles. The third-order valence-corrected chi connectivity index (χ3v) is 9.80.